The van der Waals surface area contributed by atoms with Crippen molar-refractivity contribution in [2.45, 2.75) is 71.3 Å². The third kappa shape index (κ3) is 4.32. The van der Waals surface area contributed by atoms with Crippen molar-refractivity contribution in [2.75, 3.05) is 32.7 Å². The molecule has 168 valence electrons. The molecule has 0 atom stereocenters. The summed E-state index contributed by atoms with van der Waals surface area (Å²) in [6.07, 6.45) is 5.51. The Kier molecular flexibility index (Phi) is 7.03. The SMILES string of the molecule is CCC1CCC2(CC1)NC(=O)N(CC(=O)N1CCC(C(=O)N(CC)CC)CC1)C2=O. The highest BCUT2D eigenvalue weighted by atomic mass is 16.2. The second-order valence-corrected chi connectivity index (χ2v) is 8.92. The molecule has 3 aliphatic rings. The number of nitrogens with one attached hydrogen (secondary N) is 1. The summed E-state index contributed by atoms with van der Waals surface area (Å²) in [4.78, 5) is 55.4. The Bertz CT molecular complexity index is 675. The predicted molar refractivity (Wildman–Crippen MR) is 112 cm³/mol. The van der Waals surface area contributed by atoms with Crippen molar-refractivity contribution in [3.63, 3.8) is 0 Å². The van der Waals surface area contributed by atoms with Crippen LogP contribution < -0.4 is 5.32 Å². The van der Waals surface area contributed by atoms with Crippen molar-refractivity contribution in [3.05, 3.63) is 0 Å². The van der Waals surface area contributed by atoms with Gasteiger partial charge in [0.1, 0.15) is 12.1 Å². The highest BCUT2D eigenvalue weighted by Gasteiger charge is 2.52. The van der Waals surface area contributed by atoms with Crippen LogP contribution in [0.1, 0.15) is 65.7 Å². The molecule has 30 heavy (non-hydrogen) atoms. The van der Waals surface area contributed by atoms with Gasteiger partial charge in [0.2, 0.25) is 11.8 Å². The Morgan fingerprint density at radius 2 is 1.63 bits per heavy atom. The van der Waals surface area contributed by atoms with Gasteiger partial charge in [0.15, 0.2) is 0 Å². The van der Waals surface area contributed by atoms with Crippen molar-refractivity contribution in [3.8, 4) is 0 Å². The first-order valence-electron chi connectivity index (χ1n) is 11.6. The molecule has 0 aromatic carbocycles. The molecule has 0 unspecified atom stereocenters. The Morgan fingerprint density at radius 1 is 1.03 bits per heavy atom. The van der Waals surface area contributed by atoms with Crippen LogP contribution >= 0.6 is 0 Å². The van der Waals surface area contributed by atoms with E-state index in [0.29, 0.717) is 57.8 Å². The molecule has 1 spiro atoms. The molecule has 3 rings (SSSR count). The van der Waals surface area contributed by atoms with Crippen LogP contribution in [0.25, 0.3) is 0 Å². The zero-order chi connectivity index (χ0) is 21.9. The van der Waals surface area contributed by atoms with Crippen LogP contribution in [-0.2, 0) is 14.4 Å². The number of amides is 5. The standard InChI is InChI=1S/C22H36N4O4/c1-4-16-7-11-22(12-8-16)20(29)26(21(30)23-22)15-18(27)25-13-9-17(10-14-25)19(28)24(5-2)6-3/h16-17H,4-15H2,1-3H3,(H,23,30). The molecule has 0 aromatic heterocycles. The average molecular weight is 421 g/mol. The second-order valence-electron chi connectivity index (χ2n) is 8.92. The summed E-state index contributed by atoms with van der Waals surface area (Å²) in [7, 11) is 0. The van der Waals surface area contributed by atoms with Crippen molar-refractivity contribution in [1.82, 2.24) is 20.0 Å². The molecule has 1 saturated carbocycles. The van der Waals surface area contributed by atoms with Crippen LogP contribution in [0.3, 0.4) is 0 Å². The maximum Gasteiger partial charge on any atom is 0.325 e. The number of carbonyl (C=O) groups excluding carboxylic acids is 4. The fourth-order valence-corrected chi connectivity index (χ4v) is 5.14. The van der Waals surface area contributed by atoms with Crippen molar-refractivity contribution >= 4 is 23.8 Å². The summed E-state index contributed by atoms with van der Waals surface area (Å²) in [6, 6.07) is -0.449. The fraction of sp³-hybridized carbons (Fsp3) is 0.818. The molecule has 5 amide bonds. The molecular weight excluding hydrogens is 384 g/mol. The number of likely N-dealkylation sites (tertiary alicyclic amines) is 1. The van der Waals surface area contributed by atoms with Crippen LogP contribution in [0.2, 0.25) is 0 Å². The third-order valence-corrected chi connectivity index (χ3v) is 7.35. The summed E-state index contributed by atoms with van der Waals surface area (Å²) < 4.78 is 0. The molecule has 0 aromatic rings. The molecule has 2 aliphatic heterocycles. The zero-order valence-corrected chi connectivity index (χ0v) is 18.6. The number of imide groups is 1. The van der Waals surface area contributed by atoms with Crippen LogP contribution in [0.15, 0.2) is 0 Å². The van der Waals surface area contributed by atoms with Crippen molar-refractivity contribution in [1.29, 1.82) is 0 Å². The minimum absolute atomic E-state index is 0.0531. The van der Waals surface area contributed by atoms with E-state index < -0.39 is 11.6 Å². The Balaban J connectivity index is 1.54. The first-order chi connectivity index (χ1) is 14.3. The number of urea groups is 1. The first-order valence-corrected chi connectivity index (χ1v) is 11.6. The van der Waals surface area contributed by atoms with E-state index in [1.165, 1.54) is 0 Å². The quantitative estimate of drug-likeness (QED) is 0.666. The Hall–Kier alpha value is -2.12. The van der Waals surface area contributed by atoms with Gasteiger partial charge < -0.3 is 15.1 Å². The average Bonchev–Trinajstić information content (AvgIpc) is 2.99. The second kappa shape index (κ2) is 9.35. The summed E-state index contributed by atoms with van der Waals surface area (Å²) in [5, 5.41) is 2.89. The van der Waals surface area contributed by atoms with Gasteiger partial charge in [-0.1, -0.05) is 13.3 Å². The smallest absolute Gasteiger partial charge is 0.325 e. The van der Waals surface area contributed by atoms with Crippen molar-refractivity contribution < 1.29 is 19.2 Å². The lowest BCUT2D eigenvalue weighted by atomic mass is 9.75. The minimum Gasteiger partial charge on any atom is -0.343 e. The zero-order valence-electron chi connectivity index (χ0n) is 18.6. The van der Waals surface area contributed by atoms with Gasteiger partial charge in [0, 0.05) is 32.1 Å². The van der Waals surface area contributed by atoms with Crippen LogP contribution in [0.5, 0.6) is 0 Å². The highest BCUT2D eigenvalue weighted by molar-refractivity contribution is 6.09. The number of carbonyl (C=O) groups is 4. The van der Waals surface area contributed by atoms with E-state index in [2.05, 4.69) is 12.2 Å². The number of piperidine rings is 1. The summed E-state index contributed by atoms with van der Waals surface area (Å²) in [5.41, 5.74) is -0.813. The Labute approximate surface area is 179 Å². The van der Waals surface area contributed by atoms with E-state index in [1.54, 1.807) is 4.90 Å². The van der Waals surface area contributed by atoms with Gasteiger partial charge >= 0.3 is 6.03 Å². The van der Waals surface area contributed by atoms with Gasteiger partial charge in [0.25, 0.3) is 5.91 Å². The molecule has 8 heteroatoms. The lowest BCUT2D eigenvalue weighted by Gasteiger charge is -2.35. The first kappa shape index (κ1) is 22.6. The van der Waals surface area contributed by atoms with E-state index in [-0.39, 0.29) is 30.2 Å². The number of nitrogens with zero attached hydrogens (tertiary/aromatic N) is 3. The molecule has 1 aliphatic carbocycles. The predicted octanol–water partition coefficient (Wildman–Crippen LogP) is 1.98. The summed E-state index contributed by atoms with van der Waals surface area (Å²) >= 11 is 0. The lowest BCUT2D eigenvalue weighted by molar-refractivity contribution is -0.142. The Morgan fingerprint density at radius 3 is 2.17 bits per heavy atom. The molecule has 0 bridgehead atoms. The normalized spacial score (nSPS) is 27.5. The van der Waals surface area contributed by atoms with Gasteiger partial charge in [-0.15, -0.1) is 0 Å². The van der Waals surface area contributed by atoms with Gasteiger partial charge in [-0.3, -0.25) is 19.3 Å². The van der Waals surface area contributed by atoms with Crippen LogP contribution in [-0.4, -0.2) is 76.7 Å². The molecule has 2 saturated heterocycles. The molecule has 0 radical (unpaired) electrons. The fourth-order valence-electron chi connectivity index (χ4n) is 5.14. The van der Waals surface area contributed by atoms with Crippen molar-refractivity contribution in [2.24, 2.45) is 11.8 Å². The van der Waals surface area contributed by atoms with E-state index in [1.807, 2.05) is 18.7 Å². The highest BCUT2D eigenvalue weighted by Crippen LogP contribution is 2.37. The van der Waals surface area contributed by atoms with E-state index in [0.717, 1.165) is 24.2 Å². The summed E-state index contributed by atoms with van der Waals surface area (Å²) in [5.74, 6) is 0.249. The number of rotatable bonds is 6. The van der Waals surface area contributed by atoms with E-state index in [9.17, 15) is 19.2 Å². The summed E-state index contributed by atoms with van der Waals surface area (Å²) in [6.45, 7) is 8.26. The number of hydrogen-bond acceptors (Lipinski definition) is 4. The molecule has 3 fully saturated rings. The monoisotopic (exact) mass is 420 g/mol. The van der Waals surface area contributed by atoms with Gasteiger partial charge in [-0.25, -0.2) is 4.79 Å². The largest absolute Gasteiger partial charge is 0.343 e. The third-order valence-electron chi connectivity index (χ3n) is 7.35. The minimum atomic E-state index is -0.813. The molecular formula is C22H36N4O4. The maximum absolute atomic E-state index is 13.0. The molecule has 2 heterocycles. The van der Waals surface area contributed by atoms with Crippen LogP contribution in [0.4, 0.5) is 4.79 Å². The van der Waals surface area contributed by atoms with Gasteiger partial charge in [-0.2, -0.15) is 0 Å². The molecule has 1 N–H and O–H groups in total. The van der Waals surface area contributed by atoms with Crippen LogP contribution in [0, 0.1) is 11.8 Å². The lowest BCUT2D eigenvalue weighted by Crippen LogP contribution is -2.50. The maximum atomic E-state index is 13.0. The number of hydrogen-bond donors (Lipinski definition) is 1. The topological polar surface area (TPSA) is 90.0 Å². The molecule has 8 nitrogen and oxygen atoms in total. The van der Waals surface area contributed by atoms with E-state index in [4.69, 9.17) is 0 Å². The van der Waals surface area contributed by atoms with E-state index >= 15 is 0 Å². The van der Waals surface area contributed by atoms with Gasteiger partial charge in [0.05, 0.1) is 0 Å². The van der Waals surface area contributed by atoms with Gasteiger partial charge in [-0.05, 0) is 58.3 Å².